The summed E-state index contributed by atoms with van der Waals surface area (Å²) in [5.41, 5.74) is 2.05. The van der Waals surface area contributed by atoms with Gasteiger partial charge in [-0.15, -0.1) is 0 Å². The zero-order valence-corrected chi connectivity index (χ0v) is 10.5. The molecule has 1 saturated heterocycles. The maximum Gasteiger partial charge on any atom is 0.155 e. The van der Waals surface area contributed by atoms with Crippen LogP contribution in [0.2, 0.25) is 5.02 Å². The molecule has 2 aromatic heterocycles. The lowest BCUT2D eigenvalue weighted by Crippen LogP contribution is -2.02. The predicted octanol–water partition coefficient (Wildman–Crippen LogP) is 3.28. The first-order chi connectivity index (χ1) is 7.83. The highest BCUT2D eigenvalue weighted by atomic mass is 35.5. The topological polar surface area (TPSA) is 17.3 Å². The molecule has 0 saturated carbocycles. The molecule has 3 rings (SSSR count). The van der Waals surface area contributed by atoms with E-state index in [9.17, 15) is 0 Å². The summed E-state index contributed by atoms with van der Waals surface area (Å²) < 4.78 is 2.01. The Balaban J connectivity index is 1.90. The average molecular weight is 253 g/mol. The van der Waals surface area contributed by atoms with Gasteiger partial charge in [0.2, 0.25) is 0 Å². The minimum atomic E-state index is 0.731. The lowest BCUT2D eigenvalue weighted by Gasteiger charge is -2.03. The molecule has 1 aliphatic rings. The number of imidazole rings is 1. The van der Waals surface area contributed by atoms with Crippen molar-refractivity contribution in [3.05, 3.63) is 35.2 Å². The van der Waals surface area contributed by atoms with Gasteiger partial charge >= 0.3 is 0 Å². The van der Waals surface area contributed by atoms with Gasteiger partial charge in [0, 0.05) is 12.4 Å². The minimum absolute atomic E-state index is 0.731. The number of aromatic nitrogens is 2. The van der Waals surface area contributed by atoms with Crippen LogP contribution in [0.4, 0.5) is 0 Å². The zero-order valence-electron chi connectivity index (χ0n) is 8.90. The van der Waals surface area contributed by atoms with Crippen LogP contribution < -0.4 is 0 Å². The van der Waals surface area contributed by atoms with Crippen LogP contribution in [0.15, 0.2) is 24.5 Å². The van der Waals surface area contributed by atoms with E-state index in [4.69, 9.17) is 11.6 Å². The molecule has 84 valence electrons. The van der Waals surface area contributed by atoms with Crippen LogP contribution in [-0.2, 0) is 6.42 Å². The second kappa shape index (κ2) is 4.30. The minimum Gasteiger partial charge on any atom is -0.306 e. The molecule has 0 bridgehead atoms. The van der Waals surface area contributed by atoms with E-state index in [2.05, 4.69) is 22.9 Å². The average Bonchev–Trinajstić information content (AvgIpc) is 2.88. The van der Waals surface area contributed by atoms with Gasteiger partial charge in [0.05, 0.1) is 10.7 Å². The Morgan fingerprint density at radius 3 is 3.25 bits per heavy atom. The van der Waals surface area contributed by atoms with Gasteiger partial charge in [-0.05, 0) is 42.4 Å². The van der Waals surface area contributed by atoms with Crippen molar-refractivity contribution in [3.8, 4) is 0 Å². The molecule has 0 amide bonds. The molecule has 2 aromatic rings. The molecule has 0 aliphatic carbocycles. The molecular formula is C12H13ClN2S. The Morgan fingerprint density at radius 1 is 1.56 bits per heavy atom. The van der Waals surface area contributed by atoms with Crippen LogP contribution in [0.3, 0.4) is 0 Å². The summed E-state index contributed by atoms with van der Waals surface area (Å²) in [4.78, 5) is 4.60. The number of nitrogens with zero attached hydrogens (tertiary/aromatic N) is 2. The fourth-order valence-electron chi connectivity index (χ4n) is 2.17. The molecule has 0 radical (unpaired) electrons. The van der Waals surface area contributed by atoms with Gasteiger partial charge < -0.3 is 4.40 Å². The van der Waals surface area contributed by atoms with E-state index in [1.54, 1.807) is 0 Å². The second-order valence-corrected chi connectivity index (χ2v) is 5.81. The molecule has 0 N–H and O–H groups in total. The number of hydrogen-bond acceptors (Lipinski definition) is 2. The SMILES string of the molecule is Clc1cccn2cc(CC3CCSC3)nc12. The fourth-order valence-corrected chi connectivity index (χ4v) is 3.67. The van der Waals surface area contributed by atoms with E-state index in [1.807, 2.05) is 22.7 Å². The molecule has 4 heteroatoms. The normalized spacial score (nSPS) is 20.7. The molecule has 3 heterocycles. The van der Waals surface area contributed by atoms with Crippen LogP contribution >= 0.6 is 23.4 Å². The Hall–Kier alpha value is -0.670. The summed E-state index contributed by atoms with van der Waals surface area (Å²) in [5.74, 6) is 3.38. The van der Waals surface area contributed by atoms with Gasteiger partial charge in [0.1, 0.15) is 0 Å². The fraction of sp³-hybridized carbons (Fsp3) is 0.417. The van der Waals surface area contributed by atoms with E-state index in [1.165, 1.54) is 23.6 Å². The quantitative estimate of drug-likeness (QED) is 0.816. The third-order valence-electron chi connectivity index (χ3n) is 3.01. The van der Waals surface area contributed by atoms with Gasteiger partial charge in [-0.1, -0.05) is 11.6 Å². The summed E-state index contributed by atoms with van der Waals surface area (Å²) in [5, 5.41) is 0.731. The Morgan fingerprint density at radius 2 is 2.50 bits per heavy atom. The molecule has 1 unspecified atom stereocenters. The van der Waals surface area contributed by atoms with Crippen molar-refractivity contribution in [2.45, 2.75) is 12.8 Å². The van der Waals surface area contributed by atoms with E-state index in [0.29, 0.717) is 0 Å². The van der Waals surface area contributed by atoms with Gasteiger partial charge in [0.15, 0.2) is 5.65 Å². The van der Waals surface area contributed by atoms with Crippen LogP contribution in [-0.4, -0.2) is 20.9 Å². The highest BCUT2D eigenvalue weighted by Gasteiger charge is 2.17. The van der Waals surface area contributed by atoms with Crippen molar-refractivity contribution in [3.63, 3.8) is 0 Å². The van der Waals surface area contributed by atoms with Crippen molar-refractivity contribution in [2.24, 2.45) is 5.92 Å². The molecule has 0 aromatic carbocycles. The first kappa shape index (κ1) is 10.5. The summed E-state index contributed by atoms with van der Waals surface area (Å²) in [6, 6.07) is 3.84. The van der Waals surface area contributed by atoms with Crippen molar-refractivity contribution >= 4 is 29.0 Å². The molecule has 1 fully saturated rings. The third kappa shape index (κ3) is 1.94. The summed E-state index contributed by atoms with van der Waals surface area (Å²) in [6.07, 6.45) is 6.52. The molecule has 0 spiro atoms. The van der Waals surface area contributed by atoms with Crippen LogP contribution in [0.1, 0.15) is 12.1 Å². The van der Waals surface area contributed by atoms with Crippen molar-refractivity contribution < 1.29 is 0 Å². The van der Waals surface area contributed by atoms with E-state index < -0.39 is 0 Å². The second-order valence-electron chi connectivity index (χ2n) is 4.25. The summed E-state index contributed by atoms with van der Waals surface area (Å²) >= 11 is 8.15. The van der Waals surface area contributed by atoms with Gasteiger partial charge in [-0.3, -0.25) is 0 Å². The predicted molar refractivity (Wildman–Crippen MR) is 69.3 cm³/mol. The molecule has 16 heavy (non-hydrogen) atoms. The molecule has 1 aliphatic heterocycles. The number of hydrogen-bond donors (Lipinski definition) is 0. The molecular weight excluding hydrogens is 240 g/mol. The zero-order chi connectivity index (χ0) is 11.0. The van der Waals surface area contributed by atoms with E-state index >= 15 is 0 Å². The highest BCUT2D eigenvalue weighted by Crippen LogP contribution is 2.27. The number of rotatable bonds is 2. The van der Waals surface area contributed by atoms with E-state index in [-0.39, 0.29) is 0 Å². The molecule has 2 nitrogen and oxygen atoms in total. The third-order valence-corrected chi connectivity index (χ3v) is 4.53. The van der Waals surface area contributed by atoms with Gasteiger partial charge in [0.25, 0.3) is 0 Å². The van der Waals surface area contributed by atoms with Crippen molar-refractivity contribution in [1.29, 1.82) is 0 Å². The Labute approximate surface area is 104 Å². The lowest BCUT2D eigenvalue weighted by molar-refractivity contribution is 0.589. The number of pyridine rings is 1. The first-order valence-electron chi connectivity index (χ1n) is 5.53. The van der Waals surface area contributed by atoms with Crippen LogP contribution in [0.5, 0.6) is 0 Å². The molecule has 1 atom stereocenters. The van der Waals surface area contributed by atoms with Crippen LogP contribution in [0.25, 0.3) is 5.65 Å². The summed E-state index contributed by atoms with van der Waals surface area (Å²) in [7, 11) is 0. The summed E-state index contributed by atoms with van der Waals surface area (Å²) in [6.45, 7) is 0. The van der Waals surface area contributed by atoms with Crippen molar-refractivity contribution in [2.75, 3.05) is 11.5 Å². The number of fused-ring (bicyclic) bond motifs is 1. The largest absolute Gasteiger partial charge is 0.306 e. The maximum atomic E-state index is 6.10. The van der Waals surface area contributed by atoms with Crippen LogP contribution in [0, 0.1) is 5.92 Å². The monoisotopic (exact) mass is 252 g/mol. The van der Waals surface area contributed by atoms with E-state index in [0.717, 1.165) is 23.0 Å². The van der Waals surface area contributed by atoms with Gasteiger partial charge in [-0.25, -0.2) is 4.98 Å². The smallest absolute Gasteiger partial charge is 0.155 e. The standard InChI is InChI=1S/C12H13ClN2S/c13-11-2-1-4-15-7-10(14-12(11)15)6-9-3-5-16-8-9/h1-2,4,7,9H,3,5-6,8H2. The van der Waals surface area contributed by atoms with Gasteiger partial charge in [-0.2, -0.15) is 11.8 Å². The lowest BCUT2D eigenvalue weighted by atomic mass is 10.0. The maximum absolute atomic E-state index is 6.10. The Kier molecular flexibility index (Phi) is 2.82. The number of thioether (sulfide) groups is 1. The van der Waals surface area contributed by atoms with Crippen molar-refractivity contribution in [1.82, 2.24) is 9.38 Å². The number of halogens is 1. The Bertz CT molecular complexity index is 503. The first-order valence-corrected chi connectivity index (χ1v) is 7.06. The highest BCUT2D eigenvalue weighted by molar-refractivity contribution is 7.99.